The molecule has 0 aromatic heterocycles. The number of thioether (sulfide) groups is 1. The zero-order valence-corrected chi connectivity index (χ0v) is 16.3. The number of benzene rings is 1. The smallest absolute Gasteiger partial charge is 0.411 e. The molecule has 0 spiro atoms. The molecule has 2 rings (SSSR count). The number of hydrogen-bond acceptors (Lipinski definition) is 6. The Morgan fingerprint density at radius 2 is 1.96 bits per heavy atom. The highest BCUT2D eigenvalue weighted by atomic mass is 32.2. The van der Waals surface area contributed by atoms with Crippen molar-refractivity contribution in [3.8, 4) is 11.5 Å². The van der Waals surface area contributed by atoms with Crippen molar-refractivity contribution in [2.45, 2.75) is 19.8 Å². The fraction of sp³-hybridized carbons (Fsp3) is 0.556. The molecule has 0 aliphatic carbocycles. The highest BCUT2D eigenvalue weighted by molar-refractivity contribution is 8.13. The molecule has 1 N–H and O–H groups in total. The number of likely N-dealkylation sites (tertiary alicyclic amines) is 1. The van der Waals surface area contributed by atoms with Crippen molar-refractivity contribution in [3.05, 3.63) is 18.2 Å². The van der Waals surface area contributed by atoms with Gasteiger partial charge in [-0.05, 0) is 36.6 Å². The van der Waals surface area contributed by atoms with Crippen LogP contribution in [0.3, 0.4) is 0 Å². The highest BCUT2D eigenvalue weighted by Crippen LogP contribution is 2.29. The van der Waals surface area contributed by atoms with E-state index in [9.17, 15) is 9.59 Å². The van der Waals surface area contributed by atoms with Gasteiger partial charge in [0.2, 0.25) is 0 Å². The third kappa shape index (κ3) is 5.72. The summed E-state index contributed by atoms with van der Waals surface area (Å²) in [4.78, 5) is 25.8. The Balaban J connectivity index is 1.77. The summed E-state index contributed by atoms with van der Waals surface area (Å²) in [7, 11) is 3.09. The summed E-state index contributed by atoms with van der Waals surface area (Å²) < 4.78 is 15.7. The molecule has 1 fully saturated rings. The molecule has 0 bridgehead atoms. The summed E-state index contributed by atoms with van der Waals surface area (Å²) in [6.45, 7) is 3.74. The van der Waals surface area contributed by atoms with E-state index in [4.69, 9.17) is 14.2 Å². The Morgan fingerprint density at radius 3 is 2.58 bits per heavy atom. The van der Waals surface area contributed by atoms with Crippen LogP contribution in [0.25, 0.3) is 0 Å². The fourth-order valence-corrected chi connectivity index (χ4v) is 3.35. The van der Waals surface area contributed by atoms with Gasteiger partial charge in [-0.1, -0.05) is 18.7 Å². The summed E-state index contributed by atoms with van der Waals surface area (Å²) in [6, 6.07) is 5.13. The van der Waals surface area contributed by atoms with Crippen LogP contribution >= 0.6 is 11.8 Å². The Kier molecular flexibility index (Phi) is 7.90. The average Bonchev–Trinajstić information content (AvgIpc) is 2.67. The number of carbonyl (C=O) groups excluding carboxylic acids is 2. The number of carbonyl (C=O) groups is 2. The van der Waals surface area contributed by atoms with Crippen molar-refractivity contribution in [3.63, 3.8) is 0 Å². The first kappa shape index (κ1) is 20.2. The van der Waals surface area contributed by atoms with Gasteiger partial charge >= 0.3 is 6.09 Å². The highest BCUT2D eigenvalue weighted by Gasteiger charge is 2.23. The predicted octanol–water partition coefficient (Wildman–Crippen LogP) is 3.84. The lowest BCUT2D eigenvalue weighted by molar-refractivity contribution is 0.115. The molecular formula is C18H26N2O5S. The maximum Gasteiger partial charge on any atom is 0.411 e. The lowest BCUT2D eigenvalue weighted by atomic mass is 9.98. The topological polar surface area (TPSA) is 77.1 Å². The number of anilines is 1. The normalized spacial score (nSPS) is 14.7. The van der Waals surface area contributed by atoms with E-state index < -0.39 is 6.09 Å². The van der Waals surface area contributed by atoms with Gasteiger partial charge < -0.3 is 19.1 Å². The lowest BCUT2D eigenvalue weighted by Crippen LogP contribution is -2.37. The molecule has 7 nitrogen and oxygen atoms in total. The van der Waals surface area contributed by atoms with Crippen LogP contribution in [-0.2, 0) is 4.74 Å². The van der Waals surface area contributed by atoms with Crippen LogP contribution in [0.4, 0.5) is 15.3 Å². The third-order valence-electron chi connectivity index (χ3n) is 4.24. The van der Waals surface area contributed by atoms with Gasteiger partial charge in [0.15, 0.2) is 0 Å². The predicted molar refractivity (Wildman–Crippen MR) is 102 cm³/mol. The first-order chi connectivity index (χ1) is 12.6. The van der Waals surface area contributed by atoms with Gasteiger partial charge in [-0.3, -0.25) is 10.1 Å². The van der Waals surface area contributed by atoms with Crippen molar-refractivity contribution in [2.75, 3.05) is 45.0 Å². The minimum Gasteiger partial charge on any atom is -0.497 e. The largest absolute Gasteiger partial charge is 0.497 e. The van der Waals surface area contributed by atoms with Crippen molar-refractivity contribution in [1.29, 1.82) is 0 Å². The van der Waals surface area contributed by atoms with Crippen LogP contribution < -0.4 is 14.8 Å². The Morgan fingerprint density at radius 1 is 1.23 bits per heavy atom. The summed E-state index contributed by atoms with van der Waals surface area (Å²) in [5.41, 5.74) is 0.523. The number of nitrogens with zero attached hydrogens (tertiary/aromatic N) is 1. The summed E-state index contributed by atoms with van der Waals surface area (Å²) in [5, 5.41) is 2.82. The Hall–Kier alpha value is -2.09. The average molecular weight is 382 g/mol. The second-order valence-corrected chi connectivity index (χ2v) is 7.13. The zero-order valence-electron chi connectivity index (χ0n) is 15.4. The number of ether oxygens (including phenoxy) is 3. The molecule has 26 heavy (non-hydrogen) atoms. The van der Waals surface area contributed by atoms with E-state index in [1.165, 1.54) is 18.9 Å². The van der Waals surface area contributed by atoms with E-state index in [0.29, 0.717) is 36.9 Å². The van der Waals surface area contributed by atoms with Crippen molar-refractivity contribution >= 4 is 28.8 Å². The van der Waals surface area contributed by atoms with E-state index in [-0.39, 0.29) is 11.2 Å². The molecule has 0 saturated carbocycles. The number of piperidine rings is 1. The van der Waals surface area contributed by atoms with Crippen LogP contribution in [0.5, 0.6) is 11.5 Å². The van der Waals surface area contributed by atoms with Gasteiger partial charge in [0, 0.05) is 19.2 Å². The van der Waals surface area contributed by atoms with Crippen molar-refractivity contribution < 1.29 is 23.8 Å². The van der Waals surface area contributed by atoms with Crippen LogP contribution in [-0.4, -0.2) is 55.9 Å². The molecule has 1 saturated heterocycles. The molecule has 8 heteroatoms. The number of rotatable bonds is 6. The molecule has 144 valence electrons. The molecule has 0 radical (unpaired) electrons. The van der Waals surface area contributed by atoms with E-state index in [0.717, 1.165) is 18.6 Å². The second kappa shape index (κ2) is 10.2. The van der Waals surface area contributed by atoms with Crippen molar-refractivity contribution in [1.82, 2.24) is 4.90 Å². The van der Waals surface area contributed by atoms with Crippen molar-refractivity contribution in [2.24, 2.45) is 5.92 Å². The van der Waals surface area contributed by atoms with Crippen LogP contribution in [0.1, 0.15) is 19.8 Å². The molecule has 1 aliphatic rings. The molecule has 1 aliphatic heterocycles. The summed E-state index contributed by atoms with van der Waals surface area (Å²) in [6.07, 6.45) is 1.16. The molecule has 0 unspecified atom stereocenters. The fourth-order valence-electron chi connectivity index (χ4n) is 2.74. The summed E-state index contributed by atoms with van der Waals surface area (Å²) >= 11 is 1.34. The zero-order chi connectivity index (χ0) is 18.9. The van der Waals surface area contributed by atoms with Gasteiger partial charge in [0.1, 0.15) is 11.5 Å². The van der Waals surface area contributed by atoms with Crippen LogP contribution in [0.2, 0.25) is 0 Å². The van der Waals surface area contributed by atoms with Gasteiger partial charge in [0.05, 0.1) is 26.5 Å². The first-order valence-electron chi connectivity index (χ1n) is 8.64. The Bertz CT molecular complexity index is 618. The van der Waals surface area contributed by atoms with E-state index >= 15 is 0 Å². The van der Waals surface area contributed by atoms with Gasteiger partial charge in [-0.25, -0.2) is 4.79 Å². The van der Waals surface area contributed by atoms with Gasteiger partial charge in [-0.15, -0.1) is 0 Å². The Labute approximate surface area is 158 Å². The number of amides is 2. The number of hydrogen-bond donors (Lipinski definition) is 1. The van der Waals surface area contributed by atoms with Crippen LogP contribution in [0, 0.1) is 5.92 Å². The third-order valence-corrected chi connectivity index (χ3v) is 5.03. The number of methoxy groups -OCH3 is 2. The van der Waals surface area contributed by atoms with Gasteiger partial charge in [0.25, 0.3) is 5.24 Å². The molecule has 1 aromatic carbocycles. The molecule has 0 atom stereocenters. The van der Waals surface area contributed by atoms with E-state index in [1.54, 1.807) is 25.3 Å². The molecular weight excluding hydrogens is 356 g/mol. The van der Waals surface area contributed by atoms with Gasteiger partial charge in [-0.2, -0.15) is 0 Å². The monoisotopic (exact) mass is 382 g/mol. The maximum absolute atomic E-state index is 12.0. The molecule has 1 aromatic rings. The number of nitrogens with one attached hydrogen (secondary N) is 1. The van der Waals surface area contributed by atoms with E-state index in [1.807, 2.05) is 11.8 Å². The quantitative estimate of drug-likeness (QED) is 0.806. The van der Waals surface area contributed by atoms with Crippen LogP contribution in [0.15, 0.2) is 18.2 Å². The lowest BCUT2D eigenvalue weighted by Gasteiger charge is -2.31. The van der Waals surface area contributed by atoms with E-state index in [2.05, 4.69) is 5.32 Å². The second-order valence-electron chi connectivity index (χ2n) is 5.92. The SMILES string of the molecule is CCSC(=O)N1CCC(COC(=O)Nc2ccc(OC)cc2OC)CC1. The minimum absolute atomic E-state index is 0.135. The molecule has 1 heterocycles. The maximum atomic E-state index is 12.0. The summed E-state index contributed by atoms with van der Waals surface area (Å²) in [5.74, 6) is 2.20. The minimum atomic E-state index is -0.520. The first-order valence-corrected chi connectivity index (χ1v) is 9.63. The standard InChI is InChI=1S/C18H26N2O5S/c1-4-26-18(22)20-9-7-13(8-10-20)12-25-17(21)19-15-6-5-14(23-2)11-16(15)24-3/h5-6,11,13H,4,7-10,12H2,1-3H3,(H,19,21). The molecule has 2 amide bonds.